The van der Waals surface area contributed by atoms with E-state index in [9.17, 15) is 4.79 Å². The zero-order valence-electron chi connectivity index (χ0n) is 17.7. The molecule has 1 N–H and O–H groups in total. The van der Waals surface area contributed by atoms with Crippen LogP contribution in [0, 0.1) is 5.92 Å². The molecule has 4 rings (SSSR count). The van der Waals surface area contributed by atoms with Crippen molar-refractivity contribution in [1.29, 1.82) is 0 Å². The number of hydrogen-bond donors (Lipinski definition) is 1. The number of hydrogen-bond acceptors (Lipinski definition) is 4. The van der Waals surface area contributed by atoms with Crippen LogP contribution in [-0.2, 0) is 9.22 Å². The van der Waals surface area contributed by atoms with Crippen LogP contribution < -0.4 is 15.7 Å². The van der Waals surface area contributed by atoms with Crippen LogP contribution in [0.2, 0.25) is 5.04 Å². The van der Waals surface area contributed by atoms with E-state index in [1.165, 1.54) is 21.7 Å². The van der Waals surface area contributed by atoms with Gasteiger partial charge >= 0.3 is 0 Å². The van der Waals surface area contributed by atoms with Gasteiger partial charge in [-0.15, -0.1) is 11.3 Å². The van der Waals surface area contributed by atoms with Crippen molar-refractivity contribution in [2.45, 2.75) is 44.8 Å². The van der Waals surface area contributed by atoms with Crippen LogP contribution in [0.1, 0.15) is 33.6 Å². The molecule has 4 nitrogen and oxygen atoms in total. The minimum atomic E-state index is -2.55. The molecule has 0 unspecified atom stereocenters. The summed E-state index contributed by atoms with van der Waals surface area (Å²) < 4.78 is 7.07. The van der Waals surface area contributed by atoms with Gasteiger partial charge in [-0.2, -0.15) is 0 Å². The number of carbonyl (C=O) groups excluding carboxylic acids is 1. The summed E-state index contributed by atoms with van der Waals surface area (Å²) in [6, 6.07) is 21.3. The van der Waals surface area contributed by atoms with Crippen molar-refractivity contribution in [2.75, 3.05) is 5.32 Å². The summed E-state index contributed by atoms with van der Waals surface area (Å²) in [5.41, 5.74) is 0. The van der Waals surface area contributed by atoms with Crippen LogP contribution in [0.15, 0.2) is 72.2 Å². The quantitative estimate of drug-likeness (QED) is 0.581. The van der Waals surface area contributed by atoms with Crippen LogP contribution in [0.4, 0.5) is 5.13 Å². The molecular weight excluding hydrogens is 408 g/mol. The van der Waals surface area contributed by atoms with Crippen molar-refractivity contribution >= 4 is 41.1 Å². The molecule has 0 saturated heterocycles. The van der Waals surface area contributed by atoms with E-state index in [-0.39, 0.29) is 23.0 Å². The van der Waals surface area contributed by atoms with Crippen molar-refractivity contribution in [3.05, 3.63) is 72.2 Å². The van der Waals surface area contributed by atoms with Crippen molar-refractivity contribution in [1.82, 2.24) is 4.98 Å². The average molecular weight is 437 g/mol. The molecule has 1 aliphatic carbocycles. The van der Waals surface area contributed by atoms with Gasteiger partial charge < -0.3 is 9.74 Å². The highest BCUT2D eigenvalue weighted by molar-refractivity contribution is 7.13. The number of amides is 1. The highest BCUT2D eigenvalue weighted by atomic mass is 32.1. The number of anilines is 1. The van der Waals surface area contributed by atoms with Gasteiger partial charge in [0.1, 0.15) is 0 Å². The monoisotopic (exact) mass is 436 g/mol. The predicted molar refractivity (Wildman–Crippen MR) is 126 cm³/mol. The fourth-order valence-corrected chi connectivity index (χ4v) is 9.55. The Morgan fingerprint density at radius 3 is 2.07 bits per heavy atom. The third kappa shape index (κ3) is 3.99. The number of nitrogens with zero attached hydrogens (tertiary/aromatic N) is 1. The molecule has 30 heavy (non-hydrogen) atoms. The molecular formula is C24H28N2O2SSi. The number of thiazole rings is 1. The van der Waals surface area contributed by atoms with E-state index in [1.807, 2.05) is 5.38 Å². The van der Waals surface area contributed by atoms with Crippen LogP contribution in [0.3, 0.4) is 0 Å². The highest BCUT2D eigenvalue weighted by Crippen LogP contribution is 2.41. The summed E-state index contributed by atoms with van der Waals surface area (Å²) in [6.45, 7) is 6.85. The van der Waals surface area contributed by atoms with E-state index >= 15 is 0 Å². The van der Waals surface area contributed by atoms with Gasteiger partial charge in [0.25, 0.3) is 8.32 Å². The molecule has 0 atom stereocenters. The first-order valence-corrected chi connectivity index (χ1v) is 13.2. The van der Waals surface area contributed by atoms with Gasteiger partial charge in [0, 0.05) is 23.6 Å². The molecule has 0 aliphatic heterocycles. The number of rotatable bonds is 6. The van der Waals surface area contributed by atoms with Gasteiger partial charge in [0.15, 0.2) is 5.13 Å². The van der Waals surface area contributed by atoms with Gasteiger partial charge in [-0.1, -0.05) is 81.4 Å². The highest BCUT2D eigenvalue weighted by Gasteiger charge is 2.53. The van der Waals surface area contributed by atoms with Crippen molar-refractivity contribution in [3.8, 4) is 0 Å². The topological polar surface area (TPSA) is 51.2 Å². The predicted octanol–water partition coefficient (Wildman–Crippen LogP) is 4.44. The molecule has 1 fully saturated rings. The van der Waals surface area contributed by atoms with Gasteiger partial charge in [-0.25, -0.2) is 4.98 Å². The molecule has 0 spiro atoms. The molecule has 0 bridgehead atoms. The lowest BCUT2D eigenvalue weighted by Gasteiger charge is -2.48. The molecule has 1 saturated carbocycles. The molecule has 6 heteroatoms. The standard InChI is InChI=1S/C24H28N2O2SSi/c1-24(2,3)30(20-10-6-4-7-11-20,21-12-8-5-9-13-21)28-19-16-18(17-19)22(27)26-23-25-14-15-29-23/h4-15,18-19H,16-17H2,1-3H3,(H,25,26,27). The number of aromatic nitrogens is 1. The van der Waals surface area contributed by atoms with Gasteiger partial charge in [-0.05, 0) is 28.3 Å². The van der Waals surface area contributed by atoms with Gasteiger partial charge in [0.05, 0.1) is 0 Å². The molecule has 3 aromatic rings. The second-order valence-electron chi connectivity index (χ2n) is 8.90. The Hall–Kier alpha value is -2.28. The van der Waals surface area contributed by atoms with Crippen molar-refractivity contribution in [3.63, 3.8) is 0 Å². The lowest BCUT2D eigenvalue weighted by atomic mass is 9.82. The molecule has 1 heterocycles. The van der Waals surface area contributed by atoms with E-state index in [1.54, 1.807) is 6.20 Å². The van der Waals surface area contributed by atoms with Crippen LogP contribution in [0.25, 0.3) is 0 Å². The van der Waals surface area contributed by atoms with E-state index < -0.39 is 8.32 Å². The second kappa shape index (κ2) is 8.45. The first-order chi connectivity index (χ1) is 14.4. The van der Waals surface area contributed by atoms with E-state index in [2.05, 4.69) is 91.7 Å². The number of carbonyl (C=O) groups is 1. The number of benzene rings is 2. The van der Waals surface area contributed by atoms with Gasteiger partial charge in [-0.3, -0.25) is 4.79 Å². The van der Waals surface area contributed by atoms with Crippen LogP contribution >= 0.6 is 11.3 Å². The summed E-state index contributed by atoms with van der Waals surface area (Å²) >= 11 is 1.44. The molecule has 156 valence electrons. The van der Waals surface area contributed by atoms with E-state index in [0.29, 0.717) is 5.13 Å². The lowest BCUT2D eigenvalue weighted by molar-refractivity contribution is -0.125. The maximum atomic E-state index is 12.6. The third-order valence-electron chi connectivity index (χ3n) is 5.89. The second-order valence-corrected chi connectivity index (χ2v) is 14.0. The maximum absolute atomic E-state index is 12.6. The van der Waals surface area contributed by atoms with E-state index in [0.717, 1.165) is 12.8 Å². The Morgan fingerprint density at radius 1 is 1.03 bits per heavy atom. The Kier molecular flexibility index (Phi) is 5.91. The SMILES string of the molecule is CC(C)(C)[Si](OC1CC(C(=O)Nc2nccs2)C1)(c1ccccc1)c1ccccc1. The molecule has 1 aromatic heterocycles. The first kappa shape index (κ1) is 21.0. The first-order valence-electron chi connectivity index (χ1n) is 10.4. The van der Waals surface area contributed by atoms with Crippen molar-refractivity contribution in [2.24, 2.45) is 5.92 Å². The average Bonchev–Trinajstić information content (AvgIpc) is 3.20. The van der Waals surface area contributed by atoms with Crippen LogP contribution in [-0.4, -0.2) is 25.3 Å². The summed E-state index contributed by atoms with van der Waals surface area (Å²) in [7, 11) is -2.55. The Morgan fingerprint density at radius 2 is 1.60 bits per heavy atom. The van der Waals surface area contributed by atoms with E-state index in [4.69, 9.17) is 4.43 Å². The number of nitrogens with one attached hydrogen (secondary N) is 1. The minimum Gasteiger partial charge on any atom is -0.404 e. The summed E-state index contributed by atoms with van der Waals surface area (Å²) in [5.74, 6) is 0.0318. The normalized spacial score (nSPS) is 19.2. The zero-order valence-corrected chi connectivity index (χ0v) is 19.5. The zero-order chi connectivity index (χ0) is 21.2. The molecule has 1 aliphatic rings. The fraction of sp³-hybridized carbons (Fsp3) is 0.333. The Bertz CT molecular complexity index is 926. The largest absolute Gasteiger partial charge is 0.404 e. The lowest BCUT2D eigenvalue weighted by Crippen LogP contribution is -2.68. The van der Waals surface area contributed by atoms with Gasteiger partial charge in [0.2, 0.25) is 5.91 Å². The smallest absolute Gasteiger partial charge is 0.261 e. The maximum Gasteiger partial charge on any atom is 0.261 e. The molecule has 2 aromatic carbocycles. The fourth-order valence-electron chi connectivity index (χ4n) is 4.31. The molecule has 0 radical (unpaired) electrons. The minimum absolute atomic E-state index is 0.0166. The molecule has 1 amide bonds. The summed E-state index contributed by atoms with van der Waals surface area (Å²) in [6.07, 6.45) is 3.29. The summed E-state index contributed by atoms with van der Waals surface area (Å²) in [4.78, 5) is 16.7. The third-order valence-corrected chi connectivity index (χ3v) is 11.7. The van der Waals surface area contributed by atoms with Crippen molar-refractivity contribution < 1.29 is 9.22 Å². The summed E-state index contributed by atoms with van der Waals surface area (Å²) in [5, 5.41) is 7.96. The Balaban J connectivity index is 1.58. The Labute approximate surface area is 183 Å². The van der Waals surface area contributed by atoms with Crippen LogP contribution in [0.5, 0.6) is 0 Å².